The molecule has 1 aromatic rings. The van der Waals surface area contributed by atoms with Crippen LogP contribution in [0.1, 0.15) is 24.0 Å². The number of halogens is 1. The van der Waals surface area contributed by atoms with E-state index in [-0.39, 0.29) is 0 Å². The van der Waals surface area contributed by atoms with Gasteiger partial charge in [0.2, 0.25) is 0 Å². The Hall–Kier alpha value is -1.03. The van der Waals surface area contributed by atoms with Crippen LogP contribution >= 0.6 is 15.9 Å². The summed E-state index contributed by atoms with van der Waals surface area (Å²) < 4.78 is 5.94. The summed E-state index contributed by atoms with van der Waals surface area (Å²) in [6, 6.07) is 3.56. The van der Waals surface area contributed by atoms with Crippen molar-refractivity contribution in [1.82, 2.24) is 0 Å². The molecule has 3 nitrogen and oxygen atoms in total. The van der Waals surface area contributed by atoms with Crippen molar-refractivity contribution in [3.05, 3.63) is 27.7 Å². The summed E-state index contributed by atoms with van der Waals surface area (Å²) >= 11 is 3.39. The third-order valence-corrected chi connectivity index (χ3v) is 3.44. The van der Waals surface area contributed by atoms with Crippen molar-refractivity contribution in [3.63, 3.8) is 0 Å². The first-order chi connectivity index (χ1) is 6.99. The fraction of sp³-hybridized carbons (Fsp3) is 0.364. The Morgan fingerprint density at radius 2 is 2.13 bits per heavy atom. The molecule has 0 aromatic heterocycles. The highest BCUT2D eigenvalue weighted by Gasteiger charge is 2.18. The van der Waals surface area contributed by atoms with Crippen molar-refractivity contribution in [3.8, 4) is 5.75 Å². The maximum absolute atomic E-state index is 10.9. The van der Waals surface area contributed by atoms with Gasteiger partial charge in [0.05, 0.1) is 17.5 Å². The van der Waals surface area contributed by atoms with Gasteiger partial charge in [0.15, 0.2) is 0 Å². The lowest BCUT2D eigenvalue weighted by atomic mass is 9.96. The van der Waals surface area contributed by atoms with Crippen LogP contribution in [-0.2, 0) is 4.79 Å². The highest BCUT2D eigenvalue weighted by molar-refractivity contribution is 9.10. The number of carboxylic acid groups (broad SMARTS) is 1. The van der Waals surface area contributed by atoms with Gasteiger partial charge in [-0.25, -0.2) is 0 Å². The molecule has 0 saturated heterocycles. The number of aliphatic carboxylic acids is 1. The monoisotopic (exact) mass is 272 g/mol. The minimum atomic E-state index is -0.824. The van der Waals surface area contributed by atoms with Crippen molar-refractivity contribution < 1.29 is 14.6 Å². The van der Waals surface area contributed by atoms with E-state index < -0.39 is 11.9 Å². The molecule has 1 atom stereocenters. The van der Waals surface area contributed by atoms with Crippen LogP contribution in [0.3, 0.4) is 0 Å². The van der Waals surface area contributed by atoms with E-state index in [1.165, 1.54) is 0 Å². The number of benzene rings is 1. The molecule has 1 unspecified atom stereocenters. The lowest BCUT2D eigenvalue weighted by molar-refractivity contribution is -0.138. The maximum Gasteiger partial charge on any atom is 0.310 e. The van der Waals surface area contributed by atoms with Crippen LogP contribution in [0.25, 0.3) is 0 Å². The molecule has 0 amide bonds. The summed E-state index contributed by atoms with van der Waals surface area (Å²) in [5, 5.41) is 8.93. The van der Waals surface area contributed by atoms with E-state index in [0.29, 0.717) is 5.75 Å². The largest absolute Gasteiger partial charge is 0.496 e. The zero-order valence-electron chi connectivity index (χ0n) is 8.87. The Kier molecular flexibility index (Phi) is 3.74. The minimum absolute atomic E-state index is 0.507. The van der Waals surface area contributed by atoms with Gasteiger partial charge < -0.3 is 9.84 Å². The maximum atomic E-state index is 10.9. The summed E-state index contributed by atoms with van der Waals surface area (Å²) in [4.78, 5) is 10.9. The molecule has 0 saturated carbocycles. The van der Waals surface area contributed by atoms with Crippen molar-refractivity contribution in [2.45, 2.75) is 19.8 Å². The number of methoxy groups -OCH3 is 1. The molecule has 1 rings (SSSR count). The molecule has 82 valence electrons. The SMILES string of the molecule is COc1ccc(C(C)C(=O)O)c(C)c1Br. The molecule has 0 aliphatic rings. The minimum Gasteiger partial charge on any atom is -0.496 e. The molecular weight excluding hydrogens is 260 g/mol. The van der Waals surface area contributed by atoms with E-state index in [2.05, 4.69) is 15.9 Å². The van der Waals surface area contributed by atoms with E-state index in [9.17, 15) is 4.79 Å². The van der Waals surface area contributed by atoms with Crippen molar-refractivity contribution in [2.75, 3.05) is 7.11 Å². The smallest absolute Gasteiger partial charge is 0.310 e. The van der Waals surface area contributed by atoms with E-state index in [4.69, 9.17) is 9.84 Å². The Morgan fingerprint density at radius 1 is 1.53 bits per heavy atom. The van der Waals surface area contributed by atoms with Crippen LogP contribution in [0.2, 0.25) is 0 Å². The molecule has 0 fully saturated rings. The van der Waals surface area contributed by atoms with E-state index >= 15 is 0 Å². The quantitative estimate of drug-likeness (QED) is 0.920. The lowest BCUT2D eigenvalue weighted by Crippen LogP contribution is -2.09. The Labute approximate surface area is 97.2 Å². The number of carbonyl (C=O) groups is 1. The summed E-state index contributed by atoms with van der Waals surface area (Å²) in [5.74, 6) is -0.615. The second-order valence-electron chi connectivity index (χ2n) is 3.36. The molecule has 0 aliphatic carbocycles. The number of ether oxygens (including phenoxy) is 1. The summed E-state index contributed by atoms with van der Waals surface area (Å²) in [6.45, 7) is 3.55. The van der Waals surface area contributed by atoms with Gasteiger partial charge >= 0.3 is 5.97 Å². The molecule has 4 heteroatoms. The van der Waals surface area contributed by atoms with Crippen LogP contribution in [-0.4, -0.2) is 18.2 Å². The fourth-order valence-electron chi connectivity index (χ4n) is 1.43. The number of hydrogen-bond donors (Lipinski definition) is 1. The van der Waals surface area contributed by atoms with E-state index in [0.717, 1.165) is 15.6 Å². The van der Waals surface area contributed by atoms with Gasteiger partial charge in [-0.3, -0.25) is 4.79 Å². The van der Waals surface area contributed by atoms with Crippen LogP contribution in [0.4, 0.5) is 0 Å². The molecule has 0 bridgehead atoms. The van der Waals surface area contributed by atoms with Crippen LogP contribution < -0.4 is 4.74 Å². The summed E-state index contributed by atoms with van der Waals surface area (Å²) in [6.07, 6.45) is 0. The zero-order chi connectivity index (χ0) is 11.6. The predicted molar refractivity (Wildman–Crippen MR) is 61.5 cm³/mol. The highest BCUT2D eigenvalue weighted by atomic mass is 79.9. The summed E-state index contributed by atoms with van der Waals surface area (Å²) in [5.41, 5.74) is 1.71. The van der Waals surface area contributed by atoms with Gasteiger partial charge in [-0.05, 0) is 47.0 Å². The van der Waals surface area contributed by atoms with E-state index in [1.807, 2.05) is 6.92 Å². The van der Waals surface area contributed by atoms with Crippen LogP contribution in [0.5, 0.6) is 5.75 Å². The topological polar surface area (TPSA) is 46.5 Å². The van der Waals surface area contributed by atoms with Gasteiger partial charge in [-0.1, -0.05) is 6.07 Å². The molecule has 0 spiro atoms. The average molecular weight is 273 g/mol. The Bertz CT molecular complexity index is 388. The predicted octanol–water partition coefficient (Wildman–Crippen LogP) is 2.95. The van der Waals surface area contributed by atoms with Gasteiger partial charge in [0.1, 0.15) is 5.75 Å². The first-order valence-electron chi connectivity index (χ1n) is 4.54. The first kappa shape index (κ1) is 12.0. The molecule has 1 aromatic carbocycles. The molecule has 1 N–H and O–H groups in total. The normalized spacial score (nSPS) is 12.3. The molecule has 0 aliphatic heterocycles. The highest BCUT2D eigenvalue weighted by Crippen LogP contribution is 2.33. The fourth-order valence-corrected chi connectivity index (χ4v) is 1.96. The summed E-state index contributed by atoms with van der Waals surface area (Å²) in [7, 11) is 1.58. The number of carboxylic acids is 1. The van der Waals surface area contributed by atoms with Gasteiger partial charge in [-0.15, -0.1) is 0 Å². The van der Waals surface area contributed by atoms with Gasteiger partial charge in [-0.2, -0.15) is 0 Å². The standard InChI is InChI=1S/C11H13BrO3/c1-6-8(7(2)11(13)14)4-5-9(15-3)10(6)12/h4-5,7H,1-3H3,(H,13,14). The van der Waals surface area contributed by atoms with Crippen molar-refractivity contribution in [2.24, 2.45) is 0 Å². The molecule has 0 heterocycles. The van der Waals surface area contributed by atoms with Gasteiger partial charge in [0.25, 0.3) is 0 Å². The lowest BCUT2D eigenvalue weighted by Gasteiger charge is -2.14. The Balaban J connectivity index is 3.23. The number of hydrogen-bond acceptors (Lipinski definition) is 2. The third-order valence-electron chi connectivity index (χ3n) is 2.45. The second kappa shape index (κ2) is 4.66. The van der Waals surface area contributed by atoms with Crippen LogP contribution in [0, 0.1) is 6.92 Å². The van der Waals surface area contributed by atoms with Crippen LogP contribution in [0.15, 0.2) is 16.6 Å². The number of rotatable bonds is 3. The molecule has 15 heavy (non-hydrogen) atoms. The Morgan fingerprint density at radius 3 is 2.60 bits per heavy atom. The van der Waals surface area contributed by atoms with Crippen molar-refractivity contribution in [1.29, 1.82) is 0 Å². The first-order valence-corrected chi connectivity index (χ1v) is 5.34. The zero-order valence-corrected chi connectivity index (χ0v) is 10.5. The second-order valence-corrected chi connectivity index (χ2v) is 4.15. The molecule has 0 radical (unpaired) electrons. The van der Waals surface area contributed by atoms with Gasteiger partial charge in [0, 0.05) is 0 Å². The van der Waals surface area contributed by atoms with E-state index in [1.54, 1.807) is 26.2 Å². The van der Waals surface area contributed by atoms with Crippen molar-refractivity contribution >= 4 is 21.9 Å². The molecular formula is C11H13BrO3. The third kappa shape index (κ3) is 2.31. The average Bonchev–Trinajstić information content (AvgIpc) is 2.21.